The maximum Gasteiger partial charge on any atom is 0.111 e. The molecule has 0 saturated heterocycles. The van der Waals surface area contributed by atoms with Crippen LogP contribution in [0.25, 0.3) is 11.0 Å². The van der Waals surface area contributed by atoms with Crippen molar-refractivity contribution in [3.8, 4) is 0 Å². The summed E-state index contributed by atoms with van der Waals surface area (Å²) in [4.78, 5) is 7.28. The van der Waals surface area contributed by atoms with Gasteiger partial charge in [-0.05, 0) is 37.6 Å². The van der Waals surface area contributed by atoms with Crippen molar-refractivity contribution in [2.75, 3.05) is 0 Å². The number of para-hydroxylation sites is 2. The lowest BCUT2D eigenvalue weighted by Gasteiger charge is -2.09. The minimum atomic E-state index is 0.0166. The van der Waals surface area contributed by atoms with E-state index in [1.165, 1.54) is 15.3 Å². The zero-order valence-electron chi connectivity index (χ0n) is 12.1. The van der Waals surface area contributed by atoms with Crippen molar-refractivity contribution in [3.05, 3.63) is 51.5 Å². The zero-order valence-corrected chi connectivity index (χ0v) is 12.9. The molecule has 0 spiro atoms. The third-order valence-electron chi connectivity index (χ3n) is 3.83. The van der Waals surface area contributed by atoms with Gasteiger partial charge in [0.2, 0.25) is 0 Å². The van der Waals surface area contributed by atoms with Crippen molar-refractivity contribution in [1.82, 2.24) is 9.55 Å². The van der Waals surface area contributed by atoms with Gasteiger partial charge in [-0.2, -0.15) is 0 Å². The summed E-state index contributed by atoms with van der Waals surface area (Å²) in [6.45, 7) is 4.28. The summed E-state index contributed by atoms with van der Waals surface area (Å²) < 4.78 is 2.14. The Labute approximate surface area is 123 Å². The van der Waals surface area contributed by atoms with Gasteiger partial charge >= 0.3 is 0 Å². The number of nitrogens with two attached hydrogens (primary N) is 1. The van der Waals surface area contributed by atoms with Crippen molar-refractivity contribution in [2.24, 2.45) is 12.8 Å². The molecule has 3 aromatic rings. The molecule has 3 rings (SSSR count). The monoisotopic (exact) mass is 285 g/mol. The predicted octanol–water partition coefficient (Wildman–Crippen LogP) is 3.49. The van der Waals surface area contributed by atoms with E-state index in [2.05, 4.69) is 37.6 Å². The fourth-order valence-corrected chi connectivity index (χ4v) is 3.50. The Morgan fingerprint density at radius 1 is 1.30 bits per heavy atom. The number of thiophene rings is 1. The molecular formula is C16H19N3S. The maximum atomic E-state index is 6.36. The highest BCUT2D eigenvalue weighted by molar-refractivity contribution is 7.12. The molecule has 1 atom stereocenters. The van der Waals surface area contributed by atoms with Gasteiger partial charge in [0.15, 0.2) is 0 Å². The van der Waals surface area contributed by atoms with Crippen LogP contribution in [0.3, 0.4) is 0 Å². The van der Waals surface area contributed by atoms with Crippen LogP contribution in [0.2, 0.25) is 0 Å². The van der Waals surface area contributed by atoms with E-state index in [-0.39, 0.29) is 6.04 Å². The number of aryl methyl sites for hydroxylation is 3. The number of benzene rings is 1. The zero-order chi connectivity index (χ0) is 14.3. The molecule has 0 fully saturated rings. The molecule has 3 nitrogen and oxygen atoms in total. The Bertz CT molecular complexity index is 735. The summed E-state index contributed by atoms with van der Waals surface area (Å²) in [6, 6.07) is 10.4. The first-order valence-corrected chi connectivity index (χ1v) is 7.60. The first-order chi connectivity index (χ1) is 9.56. The normalized spacial score (nSPS) is 13.0. The minimum Gasteiger partial charge on any atom is -0.331 e. The summed E-state index contributed by atoms with van der Waals surface area (Å²) in [5.41, 5.74) is 9.88. The van der Waals surface area contributed by atoms with Gasteiger partial charge in [0.1, 0.15) is 5.82 Å². The standard InChI is InChI=1S/C16H19N3S/c1-10-8-15(20-11(10)2)12(17)9-16-18-13-6-4-5-7-14(13)19(16)3/h4-8,12H,9,17H2,1-3H3. The summed E-state index contributed by atoms with van der Waals surface area (Å²) in [7, 11) is 2.06. The van der Waals surface area contributed by atoms with Crippen LogP contribution < -0.4 is 5.73 Å². The molecule has 0 bridgehead atoms. The number of nitrogens with zero attached hydrogens (tertiary/aromatic N) is 2. The average Bonchev–Trinajstić information content (AvgIpc) is 2.92. The molecule has 0 aliphatic heterocycles. The topological polar surface area (TPSA) is 43.8 Å². The third kappa shape index (κ3) is 2.25. The SMILES string of the molecule is Cc1cc(C(N)Cc2nc3ccccc3n2C)sc1C. The van der Waals surface area contributed by atoms with Crippen LogP contribution in [0.15, 0.2) is 30.3 Å². The fourth-order valence-electron chi connectivity index (χ4n) is 2.46. The van der Waals surface area contributed by atoms with E-state index in [0.29, 0.717) is 0 Å². The molecule has 104 valence electrons. The van der Waals surface area contributed by atoms with Gasteiger partial charge in [-0.3, -0.25) is 0 Å². The Morgan fingerprint density at radius 2 is 2.05 bits per heavy atom. The van der Waals surface area contributed by atoms with E-state index < -0.39 is 0 Å². The van der Waals surface area contributed by atoms with Gasteiger partial charge in [0, 0.05) is 29.3 Å². The Morgan fingerprint density at radius 3 is 2.70 bits per heavy atom. The Balaban J connectivity index is 1.91. The van der Waals surface area contributed by atoms with Gasteiger partial charge in [0.05, 0.1) is 11.0 Å². The van der Waals surface area contributed by atoms with E-state index in [1.807, 2.05) is 18.2 Å². The molecule has 1 aromatic carbocycles. The molecule has 0 aliphatic carbocycles. The van der Waals surface area contributed by atoms with Crippen molar-refractivity contribution >= 4 is 22.4 Å². The van der Waals surface area contributed by atoms with E-state index in [1.54, 1.807) is 11.3 Å². The van der Waals surface area contributed by atoms with Crippen LogP contribution in [-0.2, 0) is 13.5 Å². The lowest BCUT2D eigenvalue weighted by atomic mass is 10.1. The second kappa shape index (κ2) is 5.04. The number of imidazole rings is 1. The Hall–Kier alpha value is -1.65. The van der Waals surface area contributed by atoms with Crippen molar-refractivity contribution in [1.29, 1.82) is 0 Å². The number of fused-ring (bicyclic) bond motifs is 1. The van der Waals surface area contributed by atoms with E-state index >= 15 is 0 Å². The third-order valence-corrected chi connectivity index (χ3v) is 5.12. The van der Waals surface area contributed by atoms with E-state index in [0.717, 1.165) is 23.3 Å². The largest absolute Gasteiger partial charge is 0.331 e. The number of hydrogen-bond donors (Lipinski definition) is 1. The van der Waals surface area contributed by atoms with Crippen LogP contribution in [0.4, 0.5) is 0 Å². The summed E-state index contributed by atoms with van der Waals surface area (Å²) in [5, 5.41) is 0. The highest BCUT2D eigenvalue weighted by Crippen LogP contribution is 2.27. The average molecular weight is 285 g/mol. The van der Waals surface area contributed by atoms with Crippen LogP contribution in [0.5, 0.6) is 0 Å². The lowest BCUT2D eigenvalue weighted by Crippen LogP contribution is -2.14. The second-order valence-electron chi connectivity index (χ2n) is 5.27. The number of rotatable bonds is 3. The first kappa shape index (κ1) is 13.3. The van der Waals surface area contributed by atoms with Gasteiger partial charge in [0.25, 0.3) is 0 Å². The maximum absolute atomic E-state index is 6.36. The second-order valence-corrected chi connectivity index (χ2v) is 6.56. The van der Waals surface area contributed by atoms with Gasteiger partial charge in [-0.25, -0.2) is 4.98 Å². The minimum absolute atomic E-state index is 0.0166. The van der Waals surface area contributed by atoms with Crippen LogP contribution in [0, 0.1) is 13.8 Å². The highest BCUT2D eigenvalue weighted by atomic mass is 32.1. The summed E-state index contributed by atoms with van der Waals surface area (Å²) in [6.07, 6.45) is 0.768. The fraction of sp³-hybridized carbons (Fsp3) is 0.312. The van der Waals surface area contributed by atoms with E-state index in [9.17, 15) is 0 Å². The number of hydrogen-bond acceptors (Lipinski definition) is 3. The molecule has 0 aliphatic rings. The summed E-state index contributed by atoms with van der Waals surface area (Å²) >= 11 is 1.79. The van der Waals surface area contributed by atoms with Crippen LogP contribution >= 0.6 is 11.3 Å². The highest BCUT2D eigenvalue weighted by Gasteiger charge is 2.15. The van der Waals surface area contributed by atoms with Crippen molar-refractivity contribution in [2.45, 2.75) is 26.3 Å². The molecule has 2 N–H and O–H groups in total. The summed E-state index contributed by atoms with van der Waals surface area (Å²) in [5.74, 6) is 1.04. The quantitative estimate of drug-likeness (QED) is 0.800. The molecule has 20 heavy (non-hydrogen) atoms. The van der Waals surface area contributed by atoms with Crippen molar-refractivity contribution < 1.29 is 0 Å². The molecule has 4 heteroatoms. The molecule has 2 aromatic heterocycles. The molecule has 0 radical (unpaired) electrons. The smallest absolute Gasteiger partial charge is 0.111 e. The Kier molecular flexibility index (Phi) is 3.36. The predicted molar refractivity (Wildman–Crippen MR) is 85.1 cm³/mol. The van der Waals surface area contributed by atoms with Gasteiger partial charge in [-0.1, -0.05) is 12.1 Å². The van der Waals surface area contributed by atoms with Crippen LogP contribution in [0.1, 0.15) is 27.2 Å². The lowest BCUT2D eigenvalue weighted by molar-refractivity contribution is 0.674. The van der Waals surface area contributed by atoms with Gasteiger partial charge in [-0.15, -0.1) is 11.3 Å². The molecule has 2 heterocycles. The van der Waals surface area contributed by atoms with Crippen molar-refractivity contribution in [3.63, 3.8) is 0 Å². The molecular weight excluding hydrogens is 266 g/mol. The number of aromatic nitrogens is 2. The van der Waals surface area contributed by atoms with Gasteiger partial charge < -0.3 is 10.3 Å². The van der Waals surface area contributed by atoms with Crippen LogP contribution in [-0.4, -0.2) is 9.55 Å². The van der Waals surface area contributed by atoms with E-state index in [4.69, 9.17) is 10.7 Å². The molecule has 0 amide bonds. The molecule has 0 saturated carbocycles. The first-order valence-electron chi connectivity index (χ1n) is 6.79. The molecule has 1 unspecified atom stereocenters.